The molecule has 0 spiro atoms. The Morgan fingerprint density at radius 3 is 2.74 bits per heavy atom. The topological polar surface area (TPSA) is 38.3 Å². The molecule has 0 aliphatic heterocycles. The van der Waals surface area contributed by atoms with Crippen molar-refractivity contribution in [3.63, 3.8) is 0 Å². The fraction of sp³-hybridized carbons (Fsp3) is 0.533. The zero-order valence-corrected chi connectivity index (χ0v) is 11.2. The van der Waals surface area contributed by atoms with E-state index in [2.05, 4.69) is 5.32 Å². The second kappa shape index (κ2) is 6.15. The van der Waals surface area contributed by atoms with Gasteiger partial charge in [-0.3, -0.25) is 4.79 Å². The van der Waals surface area contributed by atoms with Crippen LogP contribution < -0.4 is 5.32 Å². The summed E-state index contributed by atoms with van der Waals surface area (Å²) in [6, 6.07) is 6.78. The predicted octanol–water partition coefficient (Wildman–Crippen LogP) is 2.30. The van der Waals surface area contributed by atoms with Crippen molar-refractivity contribution in [2.24, 2.45) is 5.41 Å². The van der Waals surface area contributed by atoms with Gasteiger partial charge in [-0.1, -0.05) is 24.6 Å². The Kier molecular flexibility index (Phi) is 4.53. The van der Waals surface area contributed by atoms with Gasteiger partial charge in [-0.15, -0.1) is 0 Å². The van der Waals surface area contributed by atoms with Crippen LogP contribution in [0, 0.1) is 11.2 Å². The van der Waals surface area contributed by atoms with E-state index in [0.717, 1.165) is 19.3 Å². The van der Waals surface area contributed by atoms with E-state index >= 15 is 0 Å². The van der Waals surface area contributed by atoms with Gasteiger partial charge < -0.3 is 10.1 Å². The molecule has 1 aliphatic carbocycles. The van der Waals surface area contributed by atoms with Gasteiger partial charge in [0.15, 0.2) is 0 Å². The molecule has 0 amide bonds. The summed E-state index contributed by atoms with van der Waals surface area (Å²) in [4.78, 5) is 11.7. The van der Waals surface area contributed by atoms with Crippen LogP contribution in [0.4, 0.5) is 4.39 Å². The summed E-state index contributed by atoms with van der Waals surface area (Å²) in [6.07, 6.45) is 3.47. The van der Waals surface area contributed by atoms with Crippen molar-refractivity contribution in [2.75, 3.05) is 20.2 Å². The molecular weight excluding hydrogens is 245 g/mol. The van der Waals surface area contributed by atoms with E-state index in [1.165, 1.54) is 13.2 Å². The van der Waals surface area contributed by atoms with E-state index in [9.17, 15) is 9.18 Å². The monoisotopic (exact) mass is 265 g/mol. The number of halogens is 1. The first kappa shape index (κ1) is 14.0. The highest BCUT2D eigenvalue weighted by molar-refractivity contribution is 5.78. The van der Waals surface area contributed by atoms with Crippen molar-refractivity contribution in [3.8, 4) is 0 Å². The van der Waals surface area contributed by atoms with Crippen LogP contribution in [0.5, 0.6) is 0 Å². The van der Waals surface area contributed by atoms with Gasteiger partial charge in [0, 0.05) is 6.54 Å². The summed E-state index contributed by atoms with van der Waals surface area (Å²) in [5.41, 5.74) is 0.361. The Hall–Kier alpha value is -1.42. The Morgan fingerprint density at radius 1 is 1.42 bits per heavy atom. The maximum Gasteiger partial charge on any atom is 0.313 e. The van der Waals surface area contributed by atoms with Crippen LogP contribution in [-0.4, -0.2) is 26.2 Å². The van der Waals surface area contributed by atoms with Crippen molar-refractivity contribution >= 4 is 5.97 Å². The van der Waals surface area contributed by atoms with Crippen molar-refractivity contribution in [1.82, 2.24) is 5.32 Å². The number of rotatable bonds is 6. The number of benzene rings is 1. The predicted molar refractivity (Wildman–Crippen MR) is 71.3 cm³/mol. The van der Waals surface area contributed by atoms with Gasteiger partial charge >= 0.3 is 5.97 Å². The minimum absolute atomic E-state index is 0.128. The molecule has 1 N–H and O–H groups in total. The molecule has 0 bridgehead atoms. The molecule has 1 aromatic carbocycles. The Bertz CT molecular complexity index is 444. The lowest BCUT2D eigenvalue weighted by Crippen LogP contribution is -2.47. The van der Waals surface area contributed by atoms with E-state index in [0.29, 0.717) is 25.1 Å². The van der Waals surface area contributed by atoms with Crippen molar-refractivity contribution in [2.45, 2.75) is 25.7 Å². The van der Waals surface area contributed by atoms with E-state index in [-0.39, 0.29) is 17.2 Å². The molecule has 0 saturated heterocycles. The summed E-state index contributed by atoms with van der Waals surface area (Å²) in [5, 5.41) is 3.25. The van der Waals surface area contributed by atoms with Gasteiger partial charge in [-0.05, 0) is 37.4 Å². The molecule has 4 heteroatoms. The molecule has 19 heavy (non-hydrogen) atoms. The van der Waals surface area contributed by atoms with E-state index in [4.69, 9.17) is 4.74 Å². The highest BCUT2D eigenvalue weighted by Crippen LogP contribution is 2.41. The molecule has 2 rings (SSSR count). The lowest BCUT2D eigenvalue weighted by Gasteiger charge is -2.39. The van der Waals surface area contributed by atoms with Crippen LogP contribution in [0.1, 0.15) is 24.8 Å². The Labute approximate surface area is 113 Å². The van der Waals surface area contributed by atoms with Gasteiger partial charge in [0.25, 0.3) is 0 Å². The van der Waals surface area contributed by atoms with Gasteiger partial charge in [0.1, 0.15) is 5.82 Å². The molecule has 0 aromatic heterocycles. The number of methoxy groups -OCH3 is 1. The van der Waals surface area contributed by atoms with Crippen LogP contribution in [-0.2, 0) is 16.0 Å². The summed E-state index contributed by atoms with van der Waals surface area (Å²) >= 11 is 0. The minimum atomic E-state index is -0.343. The quantitative estimate of drug-likeness (QED) is 0.633. The first-order chi connectivity index (χ1) is 9.18. The third-order valence-corrected chi connectivity index (χ3v) is 3.92. The molecule has 0 heterocycles. The molecular formula is C15H20FNO2. The van der Waals surface area contributed by atoms with Crippen LogP contribution >= 0.6 is 0 Å². The Morgan fingerprint density at radius 2 is 2.16 bits per heavy atom. The standard InChI is InChI=1S/C15H20FNO2/c1-19-14(18)15(8-4-9-15)11-17-10-7-12-5-2-3-6-13(12)16/h2-3,5-6,17H,4,7-11H2,1H3. The lowest BCUT2D eigenvalue weighted by molar-refractivity contribution is -0.158. The number of hydrogen-bond donors (Lipinski definition) is 1. The van der Waals surface area contributed by atoms with Crippen LogP contribution in [0.3, 0.4) is 0 Å². The maximum absolute atomic E-state index is 13.4. The number of carbonyl (C=O) groups is 1. The average Bonchev–Trinajstić information content (AvgIpc) is 2.38. The maximum atomic E-state index is 13.4. The summed E-state index contributed by atoms with van der Waals surface area (Å²) < 4.78 is 18.3. The smallest absolute Gasteiger partial charge is 0.313 e. The first-order valence-corrected chi connectivity index (χ1v) is 6.70. The summed E-state index contributed by atoms with van der Waals surface area (Å²) in [5.74, 6) is -0.298. The van der Waals surface area contributed by atoms with Crippen molar-refractivity contribution in [1.29, 1.82) is 0 Å². The third-order valence-electron chi connectivity index (χ3n) is 3.92. The largest absolute Gasteiger partial charge is 0.469 e. The van der Waals surface area contributed by atoms with E-state index in [1.807, 2.05) is 6.07 Å². The molecule has 1 fully saturated rings. The average molecular weight is 265 g/mol. The number of esters is 1. The zero-order valence-electron chi connectivity index (χ0n) is 11.2. The molecule has 104 valence electrons. The normalized spacial score (nSPS) is 16.7. The highest BCUT2D eigenvalue weighted by Gasteiger charge is 2.44. The first-order valence-electron chi connectivity index (χ1n) is 6.70. The molecule has 0 atom stereocenters. The number of nitrogens with one attached hydrogen (secondary N) is 1. The van der Waals surface area contributed by atoms with Gasteiger partial charge in [-0.2, -0.15) is 0 Å². The van der Waals surface area contributed by atoms with Crippen molar-refractivity contribution in [3.05, 3.63) is 35.6 Å². The van der Waals surface area contributed by atoms with Crippen LogP contribution in [0.25, 0.3) is 0 Å². The second-order valence-corrected chi connectivity index (χ2v) is 5.14. The summed E-state index contributed by atoms with van der Waals surface area (Å²) in [7, 11) is 1.43. The van der Waals surface area contributed by atoms with E-state index in [1.54, 1.807) is 12.1 Å². The number of ether oxygens (including phenoxy) is 1. The molecule has 1 aromatic rings. The number of carbonyl (C=O) groups excluding carboxylic acids is 1. The van der Waals surface area contributed by atoms with Crippen LogP contribution in [0.15, 0.2) is 24.3 Å². The third kappa shape index (κ3) is 3.13. The van der Waals surface area contributed by atoms with Gasteiger partial charge in [0.2, 0.25) is 0 Å². The lowest BCUT2D eigenvalue weighted by atomic mass is 9.68. The van der Waals surface area contributed by atoms with E-state index < -0.39 is 0 Å². The number of hydrogen-bond acceptors (Lipinski definition) is 3. The zero-order chi connectivity index (χ0) is 13.7. The van der Waals surface area contributed by atoms with Gasteiger partial charge in [-0.25, -0.2) is 4.39 Å². The second-order valence-electron chi connectivity index (χ2n) is 5.14. The van der Waals surface area contributed by atoms with Crippen molar-refractivity contribution < 1.29 is 13.9 Å². The molecule has 0 unspecified atom stereocenters. The van der Waals surface area contributed by atoms with Crippen LogP contribution in [0.2, 0.25) is 0 Å². The van der Waals surface area contributed by atoms with Gasteiger partial charge in [0.05, 0.1) is 12.5 Å². The fourth-order valence-electron chi connectivity index (χ4n) is 2.52. The SMILES string of the molecule is COC(=O)C1(CNCCc2ccccc2F)CCC1. The molecule has 1 aliphatic rings. The minimum Gasteiger partial charge on any atom is -0.469 e. The molecule has 0 radical (unpaired) electrons. The molecule has 3 nitrogen and oxygen atoms in total. The fourth-order valence-corrected chi connectivity index (χ4v) is 2.52. The Balaban J connectivity index is 1.78. The summed E-state index contributed by atoms with van der Waals surface area (Å²) in [6.45, 7) is 1.29. The molecule has 1 saturated carbocycles. The highest BCUT2D eigenvalue weighted by atomic mass is 19.1.